The maximum atomic E-state index is 13.4. The van der Waals surface area contributed by atoms with Crippen molar-refractivity contribution < 1.29 is 19.4 Å². The Kier molecular flexibility index (Phi) is 5.22. The number of aromatic nitrogens is 2. The molecule has 0 aliphatic carbocycles. The highest BCUT2D eigenvalue weighted by molar-refractivity contribution is 5.89. The monoisotopic (exact) mass is 449 g/mol. The van der Waals surface area contributed by atoms with Gasteiger partial charge in [-0.3, -0.25) is 4.79 Å². The Morgan fingerprint density at radius 2 is 2.06 bits per heavy atom. The number of ether oxygens (including phenoxy) is 2. The van der Waals surface area contributed by atoms with Gasteiger partial charge in [-0.1, -0.05) is 13.8 Å². The molecule has 8 heteroatoms. The van der Waals surface area contributed by atoms with Crippen molar-refractivity contribution in [2.24, 2.45) is 5.73 Å². The summed E-state index contributed by atoms with van der Waals surface area (Å²) < 4.78 is 12.6. The molecule has 0 amide bonds. The first-order valence-corrected chi connectivity index (χ1v) is 11.4. The average molecular weight is 450 g/mol. The topological polar surface area (TPSA) is 117 Å². The Balaban J connectivity index is 1.71. The van der Waals surface area contributed by atoms with Gasteiger partial charge in [-0.25, -0.2) is 9.78 Å². The van der Waals surface area contributed by atoms with E-state index in [0.29, 0.717) is 42.2 Å². The van der Waals surface area contributed by atoms with Crippen molar-refractivity contribution in [1.82, 2.24) is 9.55 Å². The molecule has 33 heavy (non-hydrogen) atoms. The minimum atomic E-state index is -1.83. The van der Waals surface area contributed by atoms with E-state index in [1.165, 1.54) is 0 Å². The zero-order valence-electron chi connectivity index (χ0n) is 18.8. The van der Waals surface area contributed by atoms with Gasteiger partial charge in [0.15, 0.2) is 5.60 Å². The first kappa shape index (κ1) is 21.6. The maximum absolute atomic E-state index is 13.4. The summed E-state index contributed by atoms with van der Waals surface area (Å²) in [5.41, 5.74) is 8.34. The number of cyclic esters (lactones) is 1. The molecule has 5 rings (SSSR count). The van der Waals surface area contributed by atoms with Crippen molar-refractivity contribution in [3.05, 3.63) is 56.9 Å². The van der Waals surface area contributed by atoms with E-state index in [4.69, 9.17) is 20.2 Å². The van der Waals surface area contributed by atoms with Gasteiger partial charge in [-0.05, 0) is 49.6 Å². The minimum absolute atomic E-state index is 0.115. The number of aliphatic hydroxyl groups is 1. The van der Waals surface area contributed by atoms with Gasteiger partial charge in [0.05, 0.1) is 35.6 Å². The normalized spacial score (nSPS) is 18.6. The van der Waals surface area contributed by atoms with E-state index in [0.717, 1.165) is 40.6 Å². The third-order valence-electron chi connectivity index (χ3n) is 6.75. The number of benzene rings is 1. The van der Waals surface area contributed by atoms with Crippen LogP contribution in [0.3, 0.4) is 0 Å². The highest BCUT2D eigenvalue weighted by Crippen LogP contribution is 2.40. The highest BCUT2D eigenvalue weighted by Gasteiger charge is 2.45. The summed E-state index contributed by atoms with van der Waals surface area (Å²) in [7, 11) is 0. The molecule has 3 aromatic rings. The number of rotatable bonds is 6. The average Bonchev–Trinajstić information content (AvgIpc) is 3.19. The van der Waals surface area contributed by atoms with Gasteiger partial charge in [-0.15, -0.1) is 0 Å². The van der Waals surface area contributed by atoms with Crippen LogP contribution in [0.15, 0.2) is 29.1 Å². The van der Waals surface area contributed by atoms with Crippen LogP contribution in [0.4, 0.5) is 0 Å². The molecule has 2 aliphatic heterocycles. The van der Waals surface area contributed by atoms with Crippen LogP contribution in [0, 0.1) is 0 Å². The number of carbonyl (C=O) groups excluding carboxylic acids is 1. The zero-order chi connectivity index (χ0) is 23.3. The molecule has 2 aliphatic rings. The lowest BCUT2D eigenvalue weighted by atomic mass is 9.86. The fraction of sp³-hybridized carbons (Fsp3) is 0.400. The number of pyridine rings is 2. The Morgan fingerprint density at radius 3 is 2.79 bits per heavy atom. The number of hydrogen-bond donors (Lipinski definition) is 2. The van der Waals surface area contributed by atoms with Crippen LogP contribution >= 0.6 is 0 Å². The lowest BCUT2D eigenvalue weighted by molar-refractivity contribution is -0.172. The first-order chi connectivity index (χ1) is 15.9. The van der Waals surface area contributed by atoms with Gasteiger partial charge in [0.1, 0.15) is 12.4 Å². The van der Waals surface area contributed by atoms with Crippen molar-refractivity contribution in [2.45, 2.75) is 51.9 Å². The van der Waals surface area contributed by atoms with Crippen LogP contribution in [-0.4, -0.2) is 33.8 Å². The van der Waals surface area contributed by atoms with Gasteiger partial charge >= 0.3 is 5.97 Å². The van der Waals surface area contributed by atoms with Gasteiger partial charge < -0.3 is 24.9 Å². The molecule has 0 bridgehead atoms. The molecule has 0 spiro atoms. The lowest BCUT2D eigenvalue weighted by Gasteiger charge is -2.31. The quantitative estimate of drug-likeness (QED) is 0.343. The van der Waals surface area contributed by atoms with E-state index in [1.54, 1.807) is 17.6 Å². The van der Waals surface area contributed by atoms with Crippen LogP contribution in [0.5, 0.6) is 5.75 Å². The largest absolute Gasteiger partial charge is 0.493 e. The van der Waals surface area contributed by atoms with Gasteiger partial charge in [-0.2, -0.15) is 0 Å². The number of fused-ring (bicyclic) bond motifs is 5. The Labute approximate surface area is 191 Å². The van der Waals surface area contributed by atoms with Crippen LogP contribution in [0.2, 0.25) is 0 Å². The molecule has 1 atom stereocenters. The van der Waals surface area contributed by atoms with E-state index in [1.807, 2.05) is 18.2 Å². The number of carbonyl (C=O) groups is 1. The fourth-order valence-corrected chi connectivity index (χ4v) is 4.91. The van der Waals surface area contributed by atoms with Crippen LogP contribution in [0.1, 0.15) is 48.9 Å². The van der Waals surface area contributed by atoms with E-state index in [2.05, 4.69) is 6.92 Å². The predicted molar refractivity (Wildman–Crippen MR) is 123 cm³/mol. The molecule has 1 aromatic carbocycles. The first-order valence-electron chi connectivity index (χ1n) is 11.4. The molecule has 0 saturated heterocycles. The molecule has 3 N–H and O–H groups in total. The SMILES string of the molecule is CCc1c2c(nc3cc(OCCCN)ccc13)-c1cc3c(c(=O)n1C2)COC(=O)[C@]3(O)CC. The Morgan fingerprint density at radius 1 is 1.24 bits per heavy atom. The van der Waals surface area contributed by atoms with Crippen molar-refractivity contribution in [3.63, 3.8) is 0 Å². The molecular weight excluding hydrogens is 422 g/mol. The van der Waals surface area contributed by atoms with Crippen molar-refractivity contribution in [1.29, 1.82) is 0 Å². The van der Waals surface area contributed by atoms with E-state index in [9.17, 15) is 14.7 Å². The van der Waals surface area contributed by atoms with Gasteiger partial charge in [0.2, 0.25) is 0 Å². The van der Waals surface area contributed by atoms with Crippen molar-refractivity contribution in [2.75, 3.05) is 13.2 Å². The summed E-state index contributed by atoms with van der Waals surface area (Å²) in [6, 6.07) is 7.60. The van der Waals surface area contributed by atoms with Crippen LogP contribution < -0.4 is 16.0 Å². The smallest absolute Gasteiger partial charge is 0.343 e. The third-order valence-corrected chi connectivity index (χ3v) is 6.75. The van der Waals surface area contributed by atoms with Crippen LogP contribution in [0.25, 0.3) is 22.3 Å². The number of aryl methyl sites for hydroxylation is 1. The predicted octanol–water partition coefficient (Wildman–Crippen LogP) is 2.37. The number of hydrogen-bond acceptors (Lipinski definition) is 7. The summed E-state index contributed by atoms with van der Waals surface area (Å²) in [4.78, 5) is 30.7. The Hall–Kier alpha value is -3.23. The minimum Gasteiger partial charge on any atom is -0.493 e. The number of nitrogens with two attached hydrogens (primary N) is 1. The zero-order valence-corrected chi connectivity index (χ0v) is 18.8. The molecule has 0 radical (unpaired) electrons. The summed E-state index contributed by atoms with van der Waals surface area (Å²) in [5.74, 6) is -0.00515. The molecular formula is C25H27N3O5. The molecule has 0 fully saturated rings. The molecule has 0 unspecified atom stereocenters. The second-order valence-corrected chi connectivity index (χ2v) is 8.54. The maximum Gasteiger partial charge on any atom is 0.343 e. The second-order valence-electron chi connectivity index (χ2n) is 8.54. The number of esters is 1. The standard InChI is InChI=1S/C25H27N3O5/c1-3-15-16-7-6-14(32-9-5-8-26)10-20(16)27-22-17(15)12-28-21(22)11-19-18(23(28)29)13-33-24(30)25(19,31)4-2/h6-7,10-11,31H,3-5,8-9,12-13,26H2,1-2H3/t25-/m0/s1. The van der Waals surface area contributed by atoms with Crippen LogP contribution in [-0.2, 0) is 34.7 Å². The number of nitrogens with zero attached hydrogens (tertiary/aromatic N) is 2. The van der Waals surface area contributed by atoms with Gasteiger partial charge in [0, 0.05) is 22.6 Å². The highest BCUT2D eigenvalue weighted by atomic mass is 16.6. The molecule has 2 aromatic heterocycles. The van der Waals surface area contributed by atoms with Crippen molar-refractivity contribution in [3.8, 4) is 17.1 Å². The summed E-state index contributed by atoms with van der Waals surface area (Å²) >= 11 is 0. The molecule has 4 heterocycles. The lowest BCUT2D eigenvalue weighted by Crippen LogP contribution is -2.44. The summed E-state index contributed by atoms with van der Waals surface area (Å²) in [5, 5.41) is 12.1. The summed E-state index contributed by atoms with van der Waals surface area (Å²) in [6.45, 7) is 5.14. The third kappa shape index (κ3) is 3.16. The van der Waals surface area contributed by atoms with Crippen molar-refractivity contribution >= 4 is 16.9 Å². The fourth-order valence-electron chi connectivity index (χ4n) is 4.91. The van der Waals surface area contributed by atoms with E-state index < -0.39 is 11.6 Å². The van der Waals surface area contributed by atoms with E-state index in [-0.39, 0.29) is 18.6 Å². The molecule has 0 saturated carbocycles. The van der Waals surface area contributed by atoms with Gasteiger partial charge in [0.25, 0.3) is 5.56 Å². The molecule has 8 nitrogen and oxygen atoms in total. The summed E-state index contributed by atoms with van der Waals surface area (Å²) in [6.07, 6.45) is 1.65. The second kappa shape index (κ2) is 7.97. The Bertz CT molecular complexity index is 1350. The molecule has 172 valence electrons. The van der Waals surface area contributed by atoms with E-state index >= 15 is 0 Å².